The van der Waals surface area contributed by atoms with E-state index in [1.807, 2.05) is 18.2 Å². The number of nitrogens with zero attached hydrogens (tertiary/aromatic N) is 3. The third-order valence-corrected chi connectivity index (χ3v) is 7.44. The van der Waals surface area contributed by atoms with Gasteiger partial charge in [0.25, 0.3) is 0 Å². The number of methoxy groups -OCH3 is 1. The molecule has 2 aliphatic rings. The van der Waals surface area contributed by atoms with Gasteiger partial charge in [0.15, 0.2) is 11.6 Å². The molecule has 0 amide bonds. The molecule has 3 heterocycles. The molecule has 4 rings (SSSR count). The molecule has 0 radical (unpaired) electrons. The van der Waals surface area contributed by atoms with E-state index in [0.29, 0.717) is 28.4 Å². The van der Waals surface area contributed by atoms with Crippen LogP contribution in [0.5, 0.6) is 5.75 Å². The number of anilines is 1. The predicted molar refractivity (Wildman–Crippen MR) is 139 cm³/mol. The number of nitrogens with one attached hydrogen (secondary N) is 1. The highest BCUT2D eigenvalue weighted by Gasteiger charge is 2.49. The molecule has 186 valence electrons. The standard InChI is InChI=1S/C28H35FN4O2/c1-7-19(15-25(35-6)18(2)29)20-8-9-22(24(34)14-20)23-10-11-26(31-30-23)33(5)21-16-27(3)12-13-28(4,17-21)32-27/h7-11,14-15,21,32,34H,1,12-13,16-17H2,2-6H3/b19-15+,25-18-/t21?,27-,28+. The summed E-state index contributed by atoms with van der Waals surface area (Å²) in [5, 5.41) is 23.5. The lowest BCUT2D eigenvalue weighted by Gasteiger charge is -2.45. The summed E-state index contributed by atoms with van der Waals surface area (Å²) in [5.74, 6) is 0.550. The summed E-state index contributed by atoms with van der Waals surface area (Å²) < 4.78 is 18.7. The number of benzene rings is 1. The molecular formula is C28H35FN4O2. The summed E-state index contributed by atoms with van der Waals surface area (Å²) in [4.78, 5) is 2.23. The van der Waals surface area contributed by atoms with Crippen molar-refractivity contribution in [2.45, 2.75) is 63.6 Å². The highest BCUT2D eigenvalue weighted by Crippen LogP contribution is 2.43. The van der Waals surface area contributed by atoms with E-state index in [4.69, 9.17) is 4.74 Å². The first-order chi connectivity index (χ1) is 16.6. The molecule has 0 aliphatic carbocycles. The minimum Gasteiger partial charge on any atom is -0.507 e. The first kappa shape index (κ1) is 24.9. The number of phenols is 1. The monoisotopic (exact) mass is 478 g/mol. The molecule has 1 aromatic carbocycles. The first-order valence-electron chi connectivity index (χ1n) is 12.0. The van der Waals surface area contributed by atoms with E-state index >= 15 is 0 Å². The van der Waals surface area contributed by atoms with Gasteiger partial charge in [-0.05, 0) is 87.9 Å². The van der Waals surface area contributed by atoms with E-state index in [9.17, 15) is 9.50 Å². The summed E-state index contributed by atoms with van der Waals surface area (Å²) in [5.41, 5.74) is 2.81. The number of hydrogen-bond acceptors (Lipinski definition) is 6. The molecule has 2 fully saturated rings. The van der Waals surface area contributed by atoms with Crippen molar-refractivity contribution >= 4 is 11.4 Å². The lowest BCUT2D eigenvalue weighted by Crippen LogP contribution is -2.58. The van der Waals surface area contributed by atoms with E-state index in [1.54, 1.807) is 24.3 Å². The fraction of sp³-hybridized carbons (Fsp3) is 0.429. The van der Waals surface area contributed by atoms with Crippen molar-refractivity contribution in [2.24, 2.45) is 0 Å². The molecule has 0 saturated carbocycles. The second-order valence-corrected chi connectivity index (χ2v) is 10.3. The van der Waals surface area contributed by atoms with E-state index in [0.717, 1.165) is 18.7 Å². The van der Waals surface area contributed by atoms with Gasteiger partial charge in [-0.25, -0.2) is 4.39 Å². The van der Waals surface area contributed by atoms with Crippen molar-refractivity contribution in [3.63, 3.8) is 0 Å². The van der Waals surface area contributed by atoms with Gasteiger partial charge in [0.2, 0.25) is 0 Å². The lowest BCUT2D eigenvalue weighted by molar-refractivity contribution is 0.207. The normalized spacial score (nSPS) is 26.8. The minimum atomic E-state index is -0.437. The maximum atomic E-state index is 13.6. The third kappa shape index (κ3) is 5.10. The van der Waals surface area contributed by atoms with Gasteiger partial charge in [-0.3, -0.25) is 0 Å². The Hall–Kier alpha value is -3.19. The Labute approximate surface area is 207 Å². The highest BCUT2D eigenvalue weighted by atomic mass is 19.1. The number of halogens is 1. The maximum absolute atomic E-state index is 13.6. The van der Waals surface area contributed by atoms with E-state index in [1.165, 1.54) is 26.9 Å². The Kier molecular flexibility index (Phi) is 6.73. The number of fused-ring (bicyclic) bond motifs is 2. The van der Waals surface area contributed by atoms with Gasteiger partial charge in [-0.2, -0.15) is 0 Å². The molecule has 3 atom stereocenters. The van der Waals surface area contributed by atoms with Gasteiger partial charge in [-0.15, -0.1) is 10.2 Å². The van der Waals surface area contributed by atoms with E-state index < -0.39 is 5.83 Å². The summed E-state index contributed by atoms with van der Waals surface area (Å²) in [6, 6.07) is 9.45. The average Bonchev–Trinajstić information content (AvgIpc) is 3.05. The average molecular weight is 479 g/mol. The minimum absolute atomic E-state index is 0.0568. The van der Waals surface area contributed by atoms with Crippen LogP contribution in [0.25, 0.3) is 16.8 Å². The fourth-order valence-electron chi connectivity index (χ4n) is 5.57. The quantitative estimate of drug-likeness (QED) is 0.389. The van der Waals surface area contributed by atoms with Crippen LogP contribution in [0.1, 0.15) is 52.0 Å². The Balaban J connectivity index is 1.54. The van der Waals surface area contributed by atoms with Crippen LogP contribution in [0.3, 0.4) is 0 Å². The van der Waals surface area contributed by atoms with Crippen LogP contribution in [0.2, 0.25) is 0 Å². The number of aromatic hydroxyl groups is 1. The largest absolute Gasteiger partial charge is 0.507 e. The van der Waals surface area contributed by atoms with Gasteiger partial charge >= 0.3 is 0 Å². The van der Waals surface area contributed by atoms with E-state index in [-0.39, 0.29) is 22.6 Å². The Morgan fingerprint density at radius 3 is 2.40 bits per heavy atom. The Morgan fingerprint density at radius 1 is 1.20 bits per heavy atom. The van der Waals surface area contributed by atoms with Crippen LogP contribution >= 0.6 is 0 Å². The van der Waals surface area contributed by atoms with Crippen LogP contribution in [-0.4, -0.2) is 46.6 Å². The molecular weight excluding hydrogens is 443 g/mol. The summed E-state index contributed by atoms with van der Waals surface area (Å²) in [6.07, 6.45) is 7.70. The van der Waals surface area contributed by atoms with Crippen molar-refractivity contribution in [2.75, 3.05) is 19.1 Å². The summed E-state index contributed by atoms with van der Waals surface area (Å²) in [6.45, 7) is 9.76. The molecule has 2 saturated heterocycles. The van der Waals surface area contributed by atoms with Crippen molar-refractivity contribution < 1.29 is 14.2 Å². The van der Waals surface area contributed by atoms with Gasteiger partial charge in [0.1, 0.15) is 11.6 Å². The van der Waals surface area contributed by atoms with Crippen molar-refractivity contribution in [3.05, 3.63) is 66.2 Å². The van der Waals surface area contributed by atoms with Crippen LogP contribution in [-0.2, 0) is 4.74 Å². The lowest BCUT2D eigenvalue weighted by atomic mass is 9.84. The molecule has 2 bridgehead atoms. The SMILES string of the molecule is C=C/C(=C\C(OC)=C(/C)F)c1ccc(-c2ccc(N(C)C3C[C@]4(C)CC[C@](C)(C3)N4)nn2)c(O)c1. The molecule has 0 spiro atoms. The highest BCUT2D eigenvalue weighted by molar-refractivity contribution is 5.79. The number of piperidine rings is 1. The van der Waals surface area contributed by atoms with Gasteiger partial charge in [0.05, 0.1) is 12.8 Å². The zero-order valence-electron chi connectivity index (χ0n) is 21.2. The molecule has 2 N–H and O–H groups in total. The Bertz CT molecular complexity index is 1150. The second kappa shape index (κ2) is 9.46. The third-order valence-electron chi connectivity index (χ3n) is 7.44. The van der Waals surface area contributed by atoms with Crippen LogP contribution in [0.15, 0.2) is 60.6 Å². The number of aromatic nitrogens is 2. The van der Waals surface area contributed by atoms with Crippen LogP contribution in [0.4, 0.5) is 10.2 Å². The maximum Gasteiger partial charge on any atom is 0.151 e. The van der Waals surface area contributed by atoms with Crippen LogP contribution in [0, 0.1) is 0 Å². The molecule has 1 unspecified atom stereocenters. The van der Waals surface area contributed by atoms with Crippen molar-refractivity contribution in [1.29, 1.82) is 0 Å². The summed E-state index contributed by atoms with van der Waals surface area (Å²) >= 11 is 0. The number of allylic oxidation sites excluding steroid dienone is 4. The smallest absolute Gasteiger partial charge is 0.151 e. The molecule has 1 aromatic heterocycles. The van der Waals surface area contributed by atoms with Crippen molar-refractivity contribution in [1.82, 2.24) is 15.5 Å². The van der Waals surface area contributed by atoms with Crippen molar-refractivity contribution in [3.8, 4) is 17.0 Å². The second-order valence-electron chi connectivity index (χ2n) is 10.3. The predicted octanol–water partition coefficient (Wildman–Crippen LogP) is 5.77. The zero-order valence-corrected chi connectivity index (χ0v) is 21.2. The Morgan fingerprint density at radius 2 is 1.89 bits per heavy atom. The first-order valence-corrected chi connectivity index (χ1v) is 12.0. The fourth-order valence-corrected chi connectivity index (χ4v) is 5.57. The topological polar surface area (TPSA) is 70.5 Å². The van der Waals surface area contributed by atoms with Gasteiger partial charge in [-0.1, -0.05) is 18.7 Å². The molecule has 2 aliphatic heterocycles. The number of hydrogen-bond donors (Lipinski definition) is 2. The number of rotatable bonds is 7. The number of phenolic OH excluding ortho intramolecular Hbond substituents is 1. The number of ether oxygens (including phenoxy) is 1. The molecule has 35 heavy (non-hydrogen) atoms. The van der Waals surface area contributed by atoms with Crippen LogP contribution < -0.4 is 10.2 Å². The molecule has 2 aromatic rings. The summed E-state index contributed by atoms with van der Waals surface area (Å²) in [7, 11) is 3.50. The van der Waals surface area contributed by atoms with Gasteiger partial charge < -0.3 is 20.1 Å². The molecule has 6 nitrogen and oxygen atoms in total. The molecule has 7 heteroatoms. The van der Waals surface area contributed by atoms with E-state index in [2.05, 4.69) is 47.9 Å². The van der Waals surface area contributed by atoms with Gasteiger partial charge in [0, 0.05) is 29.7 Å². The zero-order chi connectivity index (χ0) is 25.4.